The number of benzene rings is 2. The molecule has 0 spiro atoms. The van der Waals surface area contributed by atoms with E-state index in [1.54, 1.807) is 32.2 Å². The van der Waals surface area contributed by atoms with E-state index in [0.717, 1.165) is 28.5 Å². The Morgan fingerprint density at radius 3 is 2.97 bits per heavy atom. The molecule has 0 radical (unpaired) electrons. The van der Waals surface area contributed by atoms with Crippen LogP contribution in [0.1, 0.15) is 20.8 Å². The number of hydrogen-bond acceptors (Lipinski definition) is 9. The van der Waals surface area contributed by atoms with Crippen LogP contribution in [0.5, 0.6) is 11.5 Å². The number of fused-ring (bicyclic) bond motifs is 3. The summed E-state index contributed by atoms with van der Waals surface area (Å²) in [6, 6.07) is 13.0. The molecule has 10 heteroatoms. The average molecular weight is 436 g/mol. The van der Waals surface area contributed by atoms with Gasteiger partial charge in [-0.2, -0.15) is 0 Å². The zero-order chi connectivity index (χ0) is 22.5. The summed E-state index contributed by atoms with van der Waals surface area (Å²) in [5.74, 6) is 0.234. The molecular formula is C22H24N6O4. The fourth-order valence-corrected chi connectivity index (χ4v) is 3.65. The van der Waals surface area contributed by atoms with Crippen LogP contribution in [0.2, 0.25) is 0 Å². The summed E-state index contributed by atoms with van der Waals surface area (Å²) >= 11 is 0. The van der Waals surface area contributed by atoms with Crippen LogP contribution in [0.3, 0.4) is 0 Å². The molecule has 1 amide bonds. The summed E-state index contributed by atoms with van der Waals surface area (Å²) in [6.45, 7) is 5.63. The van der Waals surface area contributed by atoms with Crippen LogP contribution in [-0.4, -0.2) is 30.4 Å². The standard InChI is InChI=1S/C22H24N6O4/c1-13-11-25-22(26-14-5-4-6-16(9-14)31-21(2,3)20(23)29)28(19(13)27-32-22)15-7-8-18-17(10-15)24-12-30-18/h4-11,24,26-27H,12H2,1-3H3,(H2,23,29). The molecule has 0 aliphatic carbocycles. The first kappa shape index (κ1) is 20.0. The van der Waals surface area contributed by atoms with Crippen molar-refractivity contribution in [2.75, 3.05) is 22.3 Å². The molecule has 3 aliphatic heterocycles. The molecule has 5 N–H and O–H groups in total. The topological polar surface area (TPSA) is 122 Å². The molecule has 10 nitrogen and oxygen atoms in total. The van der Waals surface area contributed by atoms with Gasteiger partial charge in [-0.3, -0.25) is 9.69 Å². The quantitative estimate of drug-likeness (QED) is 0.545. The molecule has 0 saturated carbocycles. The van der Waals surface area contributed by atoms with Gasteiger partial charge in [-0.05, 0) is 51.1 Å². The molecule has 1 saturated heterocycles. The van der Waals surface area contributed by atoms with Gasteiger partial charge in [-0.25, -0.2) is 15.3 Å². The third-order valence-corrected chi connectivity index (χ3v) is 5.44. The number of aliphatic imine (C=N–C) groups is 1. The molecule has 2 aromatic rings. The summed E-state index contributed by atoms with van der Waals surface area (Å²) in [5.41, 5.74) is 10.6. The van der Waals surface area contributed by atoms with Crippen LogP contribution in [0.4, 0.5) is 17.1 Å². The number of ether oxygens (including phenoxy) is 2. The molecule has 2 aromatic carbocycles. The van der Waals surface area contributed by atoms with Gasteiger partial charge >= 0.3 is 5.97 Å². The zero-order valence-corrected chi connectivity index (χ0v) is 17.9. The molecule has 1 atom stereocenters. The molecule has 1 fully saturated rings. The van der Waals surface area contributed by atoms with Gasteiger partial charge in [0.15, 0.2) is 12.3 Å². The van der Waals surface area contributed by atoms with Crippen molar-refractivity contribution in [3.05, 3.63) is 53.9 Å². The average Bonchev–Trinajstić information content (AvgIpc) is 3.32. The SMILES string of the molecule is CC1=C2NOC(Nc3cccc(OC(C)(C)C(N)=O)c3)(N=C1)N2c1ccc2c(c1)NCO2. The Balaban J connectivity index is 1.48. The Labute approximate surface area is 185 Å². The van der Waals surface area contributed by atoms with E-state index in [1.807, 2.05) is 42.2 Å². The van der Waals surface area contributed by atoms with E-state index < -0.39 is 17.5 Å². The number of nitrogens with zero attached hydrogens (tertiary/aromatic N) is 2. The molecule has 5 rings (SSSR count). The molecule has 166 valence electrons. The van der Waals surface area contributed by atoms with E-state index in [-0.39, 0.29) is 0 Å². The van der Waals surface area contributed by atoms with Crippen molar-refractivity contribution in [1.82, 2.24) is 5.48 Å². The first-order chi connectivity index (χ1) is 15.3. The van der Waals surface area contributed by atoms with E-state index in [4.69, 9.17) is 20.0 Å². The lowest BCUT2D eigenvalue weighted by molar-refractivity contribution is -0.130. The van der Waals surface area contributed by atoms with Gasteiger partial charge in [0.05, 0.1) is 11.4 Å². The second-order valence-electron chi connectivity index (χ2n) is 8.21. The highest BCUT2D eigenvalue weighted by Gasteiger charge is 2.49. The number of hydroxylamine groups is 1. The number of allylic oxidation sites excluding steroid dienone is 1. The van der Waals surface area contributed by atoms with Crippen LogP contribution in [0.15, 0.2) is 58.9 Å². The van der Waals surface area contributed by atoms with Crippen LogP contribution in [0.25, 0.3) is 0 Å². The number of hydrogen-bond donors (Lipinski definition) is 4. The number of carbonyl (C=O) groups excluding carboxylic acids is 1. The van der Waals surface area contributed by atoms with Gasteiger partial charge in [-0.1, -0.05) is 6.07 Å². The zero-order valence-electron chi connectivity index (χ0n) is 17.9. The fraction of sp³-hybridized carbons (Fsp3) is 0.273. The molecule has 32 heavy (non-hydrogen) atoms. The molecule has 0 aromatic heterocycles. The summed E-state index contributed by atoms with van der Waals surface area (Å²) < 4.78 is 11.3. The lowest BCUT2D eigenvalue weighted by Crippen LogP contribution is -2.51. The van der Waals surface area contributed by atoms with Crippen molar-refractivity contribution in [2.45, 2.75) is 32.3 Å². The van der Waals surface area contributed by atoms with Gasteiger partial charge < -0.3 is 25.8 Å². The van der Waals surface area contributed by atoms with Crippen molar-refractivity contribution in [1.29, 1.82) is 0 Å². The van der Waals surface area contributed by atoms with Crippen LogP contribution >= 0.6 is 0 Å². The van der Waals surface area contributed by atoms with Crippen molar-refractivity contribution in [2.24, 2.45) is 10.7 Å². The number of nitrogens with two attached hydrogens (primary N) is 1. The first-order valence-corrected chi connectivity index (χ1v) is 10.2. The van der Waals surface area contributed by atoms with E-state index >= 15 is 0 Å². The normalized spacial score (nSPS) is 20.9. The maximum absolute atomic E-state index is 11.6. The number of anilines is 3. The third kappa shape index (κ3) is 3.25. The number of amides is 1. The number of rotatable bonds is 6. The van der Waals surface area contributed by atoms with Crippen molar-refractivity contribution in [3.8, 4) is 11.5 Å². The maximum atomic E-state index is 11.6. The van der Waals surface area contributed by atoms with Crippen molar-refractivity contribution < 1.29 is 19.1 Å². The smallest absolute Gasteiger partial charge is 0.351 e. The third-order valence-electron chi connectivity index (χ3n) is 5.44. The van der Waals surface area contributed by atoms with Gasteiger partial charge in [0.2, 0.25) is 0 Å². The predicted octanol–water partition coefficient (Wildman–Crippen LogP) is 2.47. The Bertz CT molecular complexity index is 1160. The Morgan fingerprint density at radius 2 is 2.16 bits per heavy atom. The summed E-state index contributed by atoms with van der Waals surface area (Å²) in [5, 5.41) is 6.54. The summed E-state index contributed by atoms with van der Waals surface area (Å²) in [7, 11) is 0. The minimum absolute atomic E-state index is 0.436. The van der Waals surface area contributed by atoms with E-state index in [0.29, 0.717) is 18.2 Å². The van der Waals surface area contributed by atoms with Gasteiger partial charge in [0.1, 0.15) is 17.3 Å². The van der Waals surface area contributed by atoms with Crippen LogP contribution in [0, 0.1) is 0 Å². The monoisotopic (exact) mass is 436 g/mol. The van der Waals surface area contributed by atoms with Crippen LogP contribution in [-0.2, 0) is 9.63 Å². The number of carbonyl (C=O) groups is 1. The lowest BCUT2D eigenvalue weighted by atomic mass is 10.1. The minimum atomic E-state index is -1.26. The Kier molecular flexibility index (Phi) is 4.41. The van der Waals surface area contributed by atoms with Crippen LogP contribution < -0.4 is 36.2 Å². The molecular weight excluding hydrogens is 412 g/mol. The fourth-order valence-electron chi connectivity index (χ4n) is 3.65. The first-order valence-electron chi connectivity index (χ1n) is 10.2. The molecule has 1 unspecified atom stereocenters. The highest BCUT2D eigenvalue weighted by molar-refractivity contribution is 5.85. The molecule has 3 aliphatic rings. The Morgan fingerprint density at radius 1 is 1.31 bits per heavy atom. The largest absolute Gasteiger partial charge is 0.478 e. The Hall–Kier alpha value is -3.92. The van der Waals surface area contributed by atoms with Gasteiger partial charge in [0, 0.05) is 23.5 Å². The predicted molar refractivity (Wildman–Crippen MR) is 120 cm³/mol. The highest BCUT2D eigenvalue weighted by Crippen LogP contribution is 2.42. The molecule has 2 bridgehead atoms. The lowest BCUT2D eigenvalue weighted by Gasteiger charge is -2.36. The van der Waals surface area contributed by atoms with E-state index in [2.05, 4.69) is 21.1 Å². The van der Waals surface area contributed by atoms with E-state index in [9.17, 15) is 4.79 Å². The minimum Gasteiger partial charge on any atom is -0.478 e. The van der Waals surface area contributed by atoms with Gasteiger partial charge in [0.25, 0.3) is 5.91 Å². The maximum Gasteiger partial charge on any atom is 0.351 e. The van der Waals surface area contributed by atoms with Crippen molar-refractivity contribution in [3.63, 3.8) is 0 Å². The second kappa shape index (κ2) is 7.06. The molecule has 3 heterocycles. The number of primary amides is 1. The highest BCUT2D eigenvalue weighted by atomic mass is 16.7. The summed E-state index contributed by atoms with van der Waals surface area (Å²) in [6.07, 6.45) is 1.75. The van der Waals surface area contributed by atoms with Gasteiger partial charge in [-0.15, -0.1) is 0 Å². The van der Waals surface area contributed by atoms with Crippen molar-refractivity contribution >= 4 is 29.2 Å². The second-order valence-corrected chi connectivity index (χ2v) is 8.21. The number of nitrogens with one attached hydrogen (secondary N) is 3. The summed E-state index contributed by atoms with van der Waals surface area (Å²) in [4.78, 5) is 24.2. The van der Waals surface area contributed by atoms with E-state index in [1.165, 1.54) is 0 Å².